The third kappa shape index (κ3) is 7.45. The normalized spacial score (nSPS) is 19.2. The fourth-order valence-corrected chi connectivity index (χ4v) is 5.09. The highest BCUT2D eigenvalue weighted by Gasteiger charge is 2.58. The molecular weight excluding hydrogens is 488 g/mol. The second-order valence-electron chi connectivity index (χ2n) is 9.09. The lowest BCUT2D eigenvalue weighted by Crippen LogP contribution is -2.52. The molecule has 0 aromatic carbocycles. The molecule has 0 spiro atoms. The highest BCUT2D eigenvalue weighted by atomic mass is 16.6. The van der Waals surface area contributed by atoms with Gasteiger partial charge in [0.25, 0.3) is 0 Å². The zero-order valence-electron chi connectivity index (χ0n) is 23.4. The summed E-state index contributed by atoms with van der Waals surface area (Å²) >= 11 is 0. The number of esters is 4. The van der Waals surface area contributed by atoms with Gasteiger partial charge in [0.1, 0.15) is 0 Å². The fourth-order valence-electron chi connectivity index (χ4n) is 5.09. The van der Waals surface area contributed by atoms with E-state index < -0.39 is 46.5 Å². The summed E-state index contributed by atoms with van der Waals surface area (Å²) < 4.78 is 21.7. The Labute approximate surface area is 227 Å². The van der Waals surface area contributed by atoms with E-state index in [1.54, 1.807) is 52.0 Å². The Hall–Kier alpha value is -3.16. The van der Waals surface area contributed by atoms with E-state index in [2.05, 4.69) is 13.2 Å². The maximum Gasteiger partial charge on any atom is 0.324 e. The molecule has 0 saturated heterocycles. The number of unbranched alkanes of at least 4 members (excludes halogenated alkanes) is 1. The molecule has 0 N–H and O–H groups in total. The van der Waals surface area contributed by atoms with Crippen LogP contribution in [0.25, 0.3) is 0 Å². The largest absolute Gasteiger partial charge is 0.465 e. The van der Waals surface area contributed by atoms with Crippen molar-refractivity contribution < 1.29 is 38.1 Å². The molecular formula is C30H44O8. The molecule has 8 nitrogen and oxygen atoms in total. The molecule has 212 valence electrons. The van der Waals surface area contributed by atoms with E-state index >= 15 is 0 Å². The number of carbonyl (C=O) groups excluding carboxylic acids is 4. The first-order valence-electron chi connectivity index (χ1n) is 13.5. The molecule has 8 heteroatoms. The van der Waals surface area contributed by atoms with Crippen LogP contribution in [0.4, 0.5) is 0 Å². The molecule has 0 bridgehead atoms. The second-order valence-corrected chi connectivity index (χ2v) is 9.09. The molecule has 0 aromatic rings. The van der Waals surface area contributed by atoms with Crippen LogP contribution in [0.2, 0.25) is 0 Å². The predicted octanol–water partition coefficient (Wildman–Crippen LogP) is 5.28. The van der Waals surface area contributed by atoms with Crippen LogP contribution in [0, 0.1) is 22.7 Å². The summed E-state index contributed by atoms with van der Waals surface area (Å²) in [6, 6.07) is 0. The van der Waals surface area contributed by atoms with Crippen molar-refractivity contribution in [1.29, 1.82) is 0 Å². The Morgan fingerprint density at radius 3 is 1.74 bits per heavy atom. The Kier molecular flexibility index (Phi) is 14.4. The number of hydrogen-bond acceptors (Lipinski definition) is 8. The highest BCUT2D eigenvalue weighted by molar-refractivity contribution is 6.02. The van der Waals surface area contributed by atoms with Gasteiger partial charge in [-0.05, 0) is 72.1 Å². The van der Waals surface area contributed by atoms with Crippen LogP contribution in [0.1, 0.15) is 66.2 Å². The molecule has 0 aromatic heterocycles. The van der Waals surface area contributed by atoms with Gasteiger partial charge in [-0.1, -0.05) is 36.5 Å². The Morgan fingerprint density at radius 1 is 0.789 bits per heavy atom. The van der Waals surface area contributed by atoms with Gasteiger partial charge in [-0.25, -0.2) is 0 Å². The van der Waals surface area contributed by atoms with Crippen molar-refractivity contribution in [2.45, 2.75) is 66.2 Å². The van der Waals surface area contributed by atoms with E-state index in [1.165, 1.54) is 6.08 Å². The summed E-state index contributed by atoms with van der Waals surface area (Å²) in [4.78, 5) is 54.3. The number of hydrogen-bond donors (Lipinski definition) is 0. The number of ether oxygens (including phenoxy) is 4. The van der Waals surface area contributed by atoms with Crippen LogP contribution in [0.5, 0.6) is 0 Å². The minimum atomic E-state index is -1.71. The standard InChI is InChI=1S/C30H44O8/c1-7-13-17-21-30(27(33)37-11-5,28(34)38-12-6)24-19-16-14-15-18-23(22-24)29(20-8-2,25(31)35-9-3)26(32)36-10-4/h7-8,14-16,19,23-24H,1-2,9-13,17-18,20-22H2,3-6H3/b15-14-,19-16-/t23-,24+/m0/s1. The van der Waals surface area contributed by atoms with E-state index in [9.17, 15) is 19.2 Å². The monoisotopic (exact) mass is 532 g/mol. The van der Waals surface area contributed by atoms with Crippen LogP contribution in [-0.4, -0.2) is 50.3 Å². The van der Waals surface area contributed by atoms with Crippen LogP contribution < -0.4 is 0 Å². The third-order valence-corrected chi connectivity index (χ3v) is 6.88. The Morgan fingerprint density at radius 2 is 1.29 bits per heavy atom. The van der Waals surface area contributed by atoms with E-state index in [0.29, 0.717) is 19.3 Å². The highest BCUT2D eigenvalue weighted by Crippen LogP contribution is 2.48. The van der Waals surface area contributed by atoms with E-state index in [4.69, 9.17) is 18.9 Å². The van der Waals surface area contributed by atoms with Gasteiger partial charge in [-0.2, -0.15) is 0 Å². The summed E-state index contributed by atoms with van der Waals surface area (Å²) in [5, 5.41) is 0. The third-order valence-electron chi connectivity index (χ3n) is 6.88. The lowest BCUT2D eigenvalue weighted by molar-refractivity contribution is -0.179. The number of allylic oxidation sites excluding steroid dienone is 6. The van der Waals surface area contributed by atoms with E-state index in [0.717, 1.165) is 0 Å². The van der Waals surface area contributed by atoms with Gasteiger partial charge in [0.15, 0.2) is 10.8 Å². The van der Waals surface area contributed by atoms with Gasteiger partial charge in [0.05, 0.1) is 26.4 Å². The average Bonchev–Trinajstić information content (AvgIpc) is 2.86. The fraction of sp³-hybridized carbons (Fsp3) is 0.600. The molecule has 0 heterocycles. The lowest BCUT2D eigenvalue weighted by Gasteiger charge is -2.41. The smallest absolute Gasteiger partial charge is 0.324 e. The van der Waals surface area contributed by atoms with Crippen molar-refractivity contribution in [1.82, 2.24) is 0 Å². The second kappa shape index (κ2) is 16.6. The number of carbonyl (C=O) groups is 4. The topological polar surface area (TPSA) is 105 Å². The van der Waals surface area contributed by atoms with E-state index in [1.807, 2.05) is 6.08 Å². The summed E-state index contributed by atoms with van der Waals surface area (Å²) in [6.45, 7) is 14.5. The maximum atomic E-state index is 13.6. The van der Waals surface area contributed by atoms with Crippen LogP contribution in [0.15, 0.2) is 49.6 Å². The Bertz CT molecular complexity index is 849. The zero-order chi connectivity index (χ0) is 28.6. The summed E-state index contributed by atoms with van der Waals surface area (Å²) in [6.07, 6.45) is 12.0. The lowest BCUT2D eigenvalue weighted by atomic mass is 9.61. The van der Waals surface area contributed by atoms with Gasteiger partial charge in [0.2, 0.25) is 0 Å². The summed E-state index contributed by atoms with van der Waals surface area (Å²) in [5.74, 6) is -4.24. The first kappa shape index (κ1) is 32.9. The molecule has 1 aliphatic carbocycles. The van der Waals surface area contributed by atoms with Crippen molar-refractivity contribution in [2.75, 3.05) is 26.4 Å². The maximum absolute atomic E-state index is 13.6. The van der Waals surface area contributed by atoms with Crippen LogP contribution in [-0.2, 0) is 38.1 Å². The summed E-state index contributed by atoms with van der Waals surface area (Å²) in [5.41, 5.74) is -3.39. The molecule has 1 rings (SSSR count). The van der Waals surface area contributed by atoms with Gasteiger partial charge >= 0.3 is 23.9 Å². The van der Waals surface area contributed by atoms with Crippen LogP contribution in [0.3, 0.4) is 0 Å². The minimum absolute atomic E-state index is 0.0259. The minimum Gasteiger partial charge on any atom is -0.465 e. The van der Waals surface area contributed by atoms with Crippen molar-refractivity contribution in [2.24, 2.45) is 22.7 Å². The average molecular weight is 533 g/mol. The number of rotatable bonds is 16. The molecule has 38 heavy (non-hydrogen) atoms. The predicted molar refractivity (Wildman–Crippen MR) is 145 cm³/mol. The summed E-state index contributed by atoms with van der Waals surface area (Å²) in [7, 11) is 0. The molecule has 0 saturated carbocycles. The first-order valence-corrected chi connectivity index (χ1v) is 13.5. The van der Waals surface area contributed by atoms with Gasteiger partial charge in [-0.15, -0.1) is 13.2 Å². The molecule has 1 aliphatic rings. The Balaban J connectivity index is 3.85. The molecule has 0 aliphatic heterocycles. The quantitative estimate of drug-likeness (QED) is 0.0869. The van der Waals surface area contributed by atoms with Crippen molar-refractivity contribution >= 4 is 23.9 Å². The molecule has 0 amide bonds. The van der Waals surface area contributed by atoms with Crippen molar-refractivity contribution in [3.63, 3.8) is 0 Å². The molecule has 0 radical (unpaired) electrons. The molecule has 0 fully saturated rings. The van der Waals surface area contributed by atoms with Crippen molar-refractivity contribution in [3.8, 4) is 0 Å². The zero-order valence-corrected chi connectivity index (χ0v) is 23.4. The van der Waals surface area contributed by atoms with Gasteiger partial charge in [-0.3, -0.25) is 19.2 Å². The van der Waals surface area contributed by atoms with Crippen LogP contribution >= 0.6 is 0 Å². The van der Waals surface area contributed by atoms with Gasteiger partial charge in [0, 0.05) is 5.92 Å². The molecule has 0 unspecified atom stereocenters. The first-order chi connectivity index (χ1) is 18.3. The SMILES string of the molecule is C=CCCCC(C(=O)OCC)(C(=O)OCC)[C@@H]1/C=C\C=C/C[C@H](C(CC=C)(C(=O)OCC)C(=O)OCC)C1. The van der Waals surface area contributed by atoms with Crippen molar-refractivity contribution in [3.05, 3.63) is 49.6 Å². The van der Waals surface area contributed by atoms with Gasteiger partial charge < -0.3 is 18.9 Å². The van der Waals surface area contributed by atoms with E-state index in [-0.39, 0.29) is 45.7 Å². The molecule has 2 atom stereocenters.